The van der Waals surface area contributed by atoms with Crippen LogP contribution in [0.5, 0.6) is 0 Å². The molecule has 1 aromatic heterocycles. The van der Waals surface area contributed by atoms with Crippen LogP contribution >= 0.6 is 0 Å². The number of ether oxygens (including phenoxy) is 1. The SMILES string of the molecule is C[C@@H](C(=O)NC(C)(C)C)N1CCN(c2ccc(S(=O)(=O)N3CCOCC3)cn2)CC1. The molecule has 3 rings (SSSR count). The normalized spacial score (nSPS) is 20.7. The first-order valence-corrected chi connectivity index (χ1v) is 11.9. The number of carbonyl (C=O) groups excluding carboxylic acids is 1. The zero-order valence-corrected chi connectivity index (χ0v) is 19.1. The highest BCUT2D eigenvalue weighted by molar-refractivity contribution is 7.89. The lowest BCUT2D eigenvalue weighted by molar-refractivity contribution is -0.127. The van der Waals surface area contributed by atoms with Gasteiger partial charge >= 0.3 is 0 Å². The van der Waals surface area contributed by atoms with Crippen molar-refractivity contribution in [1.29, 1.82) is 0 Å². The molecule has 0 unspecified atom stereocenters. The summed E-state index contributed by atoms with van der Waals surface area (Å²) in [7, 11) is -3.53. The van der Waals surface area contributed by atoms with Gasteiger partial charge in [0.1, 0.15) is 10.7 Å². The van der Waals surface area contributed by atoms with E-state index < -0.39 is 10.0 Å². The number of hydrogen-bond acceptors (Lipinski definition) is 7. The number of pyridine rings is 1. The number of rotatable bonds is 5. The molecule has 2 saturated heterocycles. The molecule has 0 aliphatic carbocycles. The Balaban J connectivity index is 1.58. The van der Waals surface area contributed by atoms with Gasteiger partial charge in [0.2, 0.25) is 15.9 Å². The molecule has 0 bridgehead atoms. The summed E-state index contributed by atoms with van der Waals surface area (Å²) in [5.41, 5.74) is -0.250. The summed E-state index contributed by atoms with van der Waals surface area (Å²) in [6.45, 7) is 12.4. The van der Waals surface area contributed by atoms with Crippen LogP contribution in [0.15, 0.2) is 23.2 Å². The number of piperazine rings is 1. The van der Waals surface area contributed by atoms with Crippen molar-refractivity contribution >= 4 is 21.7 Å². The third-order valence-corrected chi connectivity index (χ3v) is 7.27. The average molecular weight is 440 g/mol. The summed E-state index contributed by atoms with van der Waals surface area (Å²) >= 11 is 0. The molecule has 30 heavy (non-hydrogen) atoms. The predicted octanol–water partition coefficient (Wildman–Crippen LogP) is 0.528. The van der Waals surface area contributed by atoms with Gasteiger partial charge in [0.05, 0.1) is 19.3 Å². The molecular weight excluding hydrogens is 406 g/mol. The van der Waals surface area contributed by atoms with Crippen molar-refractivity contribution in [2.45, 2.75) is 44.2 Å². The zero-order valence-electron chi connectivity index (χ0n) is 18.3. The minimum Gasteiger partial charge on any atom is -0.379 e. The van der Waals surface area contributed by atoms with Gasteiger partial charge in [-0.3, -0.25) is 9.69 Å². The first kappa shape index (κ1) is 22.9. The van der Waals surface area contributed by atoms with Gasteiger partial charge in [-0.05, 0) is 39.8 Å². The summed E-state index contributed by atoms with van der Waals surface area (Å²) in [4.78, 5) is 21.3. The van der Waals surface area contributed by atoms with Crippen molar-refractivity contribution in [3.05, 3.63) is 18.3 Å². The van der Waals surface area contributed by atoms with Crippen LogP contribution in [-0.2, 0) is 19.6 Å². The highest BCUT2D eigenvalue weighted by Crippen LogP contribution is 2.20. The van der Waals surface area contributed by atoms with E-state index in [0.717, 1.165) is 32.0 Å². The van der Waals surface area contributed by atoms with Gasteiger partial charge in [-0.15, -0.1) is 0 Å². The number of hydrogen-bond donors (Lipinski definition) is 1. The van der Waals surface area contributed by atoms with E-state index in [1.165, 1.54) is 10.5 Å². The topological polar surface area (TPSA) is 95.1 Å². The van der Waals surface area contributed by atoms with Gasteiger partial charge in [0.15, 0.2) is 0 Å². The fourth-order valence-corrected chi connectivity index (χ4v) is 4.98. The molecule has 0 spiro atoms. The molecule has 1 atom stereocenters. The Kier molecular flexibility index (Phi) is 7.01. The van der Waals surface area contributed by atoms with Crippen molar-refractivity contribution in [1.82, 2.24) is 19.5 Å². The maximum atomic E-state index is 12.7. The molecule has 0 saturated carbocycles. The fourth-order valence-electron chi connectivity index (χ4n) is 3.63. The van der Waals surface area contributed by atoms with Crippen molar-refractivity contribution in [2.24, 2.45) is 0 Å². The number of nitrogens with one attached hydrogen (secondary N) is 1. The Morgan fingerprint density at radius 3 is 2.27 bits per heavy atom. The molecule has 0 radical (unpaired) electrons. The summed E-state index contributed by atoms with van der Waals surface area (Å²) in [5, 5.41) is 3.03. The van der Waals surface area contributed by atoms with Crippen molar-refractivity contribution in [3.63, 3.8) is 0 Å². The third kappa shape index (κ3) is 5.48. The highest BCUT2D eigenvalue weighted by Gasteiger charge is 2.29. The van der Waals surface area contributed by atoms with Crippen molar-refractivity contribution < 1.29 is 17.9 Å². The Morgan fingerprint density at radius 2 is 1.73 bits per heavy atom. The number of morpholine rings is 1. The van der Waals surface area contributed by atoms with Gasteiger partial charge < -0.3 is 15.0 Å². The van der Waals surface area contributed by atoms with E-state index in [4.69, 9.17) is 4.74 Å². The molecule has 2 aliphatic rings. The minimum absolute atomic E-state index is 0.0340. The molecule has 1 N–H and O–H groups in total. The molecular formula is C20H33N5O4S. The van der Waals surface area contributed by atoms with Crippen LogP contribution in [0, 0.1) is 0 Å². The standard InChI is InChI=1S/C20H33N5O4S/c1-16(19(26)22-20(2,3)4)23-7-9-24(10-8-23)18-6-5-17(15-21-18)30(27,28)25-11-13-29-14-12-25/h5-6,15-16H,7-14H2,1-4H3,(H,22,26)/t16-/m0/s1. The Bertz CT molecular complexity index is 824. The number of carbonyl (C=O) groups is 1. The lowest BCUT2D eigenvalue weighted by atomic mass is 10.1. The summed E-state index contributed by atoms with van der Waals surface area (Å²) in [6.07, 6.45) is 1.44. The number of sulfonamides is 1. The second-order valence-corrected chi connectivity index (χ2v) is 10.7. The monoisotopic (exact) mass is 439 g/mol. The van der Waals surface area contributed by atoms with Crippen LogP contribution in [0.2, 0.25) is 0 Å². The molecule has 1 aromatic rings. The number of amides is 1. The fraction of sp³-hybridized carbons (Fsp3) is 0.700. The van der Waals surface area contributed by atoms with Crippen LogP contribution < -0.4 is 10.2 Å². The van der Waals surface area contributed by atoms with E-state index in [1.807, 2.05) is 27.7 Å². The average Bonchev–Trinajstić information content (AvgIpc) is 2.73. The minimum atomic E-state index is -3.53. The van der Waals surface area contributed by atoms with Crippen LogP contribution in [0.25, 0.3) is 0 Å². The smallest absolute Gasteiger partial charge is 0.244 e. The van der Waals surface area contributed by atoms with Crippen LogP contribution in [0.1, 0.15) is 27.7 Å². The van der Waals surface area contributed by atoms with Gasteiger partial charge in [-0.2, -0.15) is 4.31 Å². The van der Waals surface area contributed by atoms with Crippen molar-refractivity contribution in [2.75, 3.05) is 57.4 Å². The van der Waals surface area contributed by atoms with Gasteiger partial charge in [-0.25, -0.2) is 13.4 Å². The number of aromatic nitrogens is 1. The van der Waals surface area contributed by atoms with E-state index in [0.29, 0.717) is 26.3 Å². The highest BCUT2D eigenvalue weighted by atomic mass is 32.2. The van der Waals surface area contributed by atoms with Crippen LogP contribution in [0.4, 0.5) is 5.82 Å². The second kappa shape index (κ2) is 9.17. The van der Waals surface area contributed by atoms with Gasteiger partial charge in [-0.1, -0.05) is 0 Å². The van der Waals surface area contributed by atoms with E-state index in [1.54, 1.807) is 12.1 Å². The first-order chi connectivity index (χ1) is 14.1. The maximum absolute atomic E-state index is 12.7. The molecule has 3 heterocycles. The molecule has 2 aliphatic heterocycles. The van der Waals surface area contributed by atoms with Crippen molar-refractivity contribution in [3.8, 4) is 0 Å². The molecule has 168 valence electrons. The van der Waals surface area contributed by atoms with Crippen LogP contribution in [-0.4, -0.2) is 92.6 Å². The zero-order chi connectivity index (χ0) is 21.9. The van der Waals surface area contributed by atoms with Gasteiger partial charge in [0.25, 0.3) is 0 Å². The van der Waals surface area contributed by atoms with Gasteiger partial charge in [0, 0.05) is 51.0 Å². The summed E-state index contributed by atoms with van der Waals surface area (Å²) in [5.74, 6) is 0.786. The summed E-state index contributed by atoms with van der Waals surface area (Å²) in [6, 6.07) is 3.19. The first-order valence-electron chi connectivity index (χ1n) is 10.4. The Hall–Kier alpha value is -1.75. The lowest BCUT2D eigenvalue weighted by Crippen LogP contribution is -2.56. The molecule has 1 amide bonds. The van der Waals surface area contributed by atoms with Crippen LogP contribution in [0.3, 0.4) is 0 Å². The Labute approximate surface area is 179 Å². The largest absolute Gasteiger partial charge is 0.379 e. The second-order valence-electron chi connectivity index (χ2n) is 8.81. The van der Waals surface area contributed by atoms with E-state index in [9.17, 15) is 13.2 Å². The number of anilines is 1. The molecule has 9 nitrogen and oxygen atoms in total. The quantitative estimate of drug-likeness (QED) is 0.715. The molecule has 0 aromatic carbocycles. The van der Waals surface area contributed by atoms with E-state index in [2.05, 4.69) is 20.1 Å². The Morgan fingerprint density at radius 1 is 1.10 bits per heavy atom. The number of nitrogens with zero attached hydrogens (tertiary/aromatic N) is 4. The van der Waals surface area contributed by atoms with E-state index in [-0.39, 0.29) is 22.4 Å². The molecule has 2 fully saturated rings. The summed E-state index contributed by atoms with van der Waals surface area (Å²) < 4.78 is 32.1. The third-order valence-electron chi connectivity index (χ3n) is 5.39. The van der Waals surface area contributed by atoms with E-state index >= 15 is 0 Å². The molecule has 10 heteroatoms. The maximum Gasteiger partial charge on any atom is 0.244 e. The lowest BCUT2D eigenvalue weighted by Gasteiger charge is -2.38. The predicted molar refractivity (Wildman–Crippen MR) is 115 cm³/mol.